The first-order chi connectivity index (χ1) is 15.0. The number of thiazole rings is 1. The van der Waals surface area contributed by atoms with E-state index in [1.165, 1.54) is 11.3 Å². The van der Waals surface area contributed by atoms with Crippen LogP contribution in [0.1, 0.15) is 29.9 Å². The summed E-state index contributed by atoms with van der Waals surface area (Å²) in [5.41, 5.74) is 2.25. The smallest absolute Gasteiger partial charge is 0.260 e. The number of carbonyl (C=O) groups is 1. The zero-order valence-electron chi connectivity index (χ0n) is 17.6. The number of amides is 1. The van der Waals surface area contributed by atoms with E-state index in [1.54, 1.807) is 30.0 Å². The van der Waals surface area contributed by atoms with E-state index >= 15 is 0 Å². The largest absolute Gasteiger partial charge is 0.497 e. The molecule has 0 aliphatic rings. The summed E-state index contributed by atoms with van der Waals surface area (Å²) in [6.07, 6.45) is 1.74. The van der Waals surface area contributed by atoms with E-state index in [0.717, 1.165) is 26.6 Å². The number of anilines is 1. The lowest BCUT2D eigenvalue weighted by molar-refractivity contribution is 0.0984. The Labute approximate surface area is 190 Å². The van der Waals surface area contributed by atoms with Crippen LogP contribution in [0.3, 0.4) is 0 Å². The van der Waals surface area contributed by atoms with E-state index in [2.05, 4.69) is 18.8 Å². The van der Waals surface area contributed by atoms with Gasteiger partial charge in [0, 0.05) is 28.0 Å². The van der Waals surface area contributed by atoms with Crippen molar-refractivity contribution >= 4 is 44.4 Å². The van der Waals surface area contributed by atoms with Gasteiger partial charge in [-0.15, -0.1) is 11.8 Å². The average Bonchev–Trinajstić information content (AvgIpc) is 3.20. The van der Waals surface area contributed by atoms with E-state index in [4.69, 9.17) is 9.72 Å². The van der Waals surface area contributed by atoms with Gasteiger partial charge in [-0.05, 0) is 42.5 Å². The third kappa shape index (κ3) is 5.06. The zero-order chi connectivity index (χ0) is 21.8. The summed E-state index contributed by atoms with van der Waals surface area (Å²) < 4.78 is 6.32. The quantitative estimate of drug-likeness (QED) is 0.322. The van der Waals surface area contributed by atoms with Crippen LogP contribution in [0.4, 0.5) is 5.13 Å². The molecule has 0 unspecified atom stereocenters. The fourth-order valence-electron chi connectivity index (χ4n) is 3.15. The van der Waals surface area contributed by atoms with Gasteiger partial charge in [-0.3, -0.25) is 14.7 Å². The number of thioether (sulfide) groups is 1. The topological polar surface area (TPSA) is 55.3 Å². The minimum absolute atomic E-state index is 0.0946. The molecule has 0 fully saturated rings. The molecule has 0 radical (unpaired) electrons. The van der Waals surface area contributed by atoms with Crippen molar-refractivity contribution in [3.05, 3.63) is 78.1 Å². The van der Waals surface area contributed by atoms with E-state index in [1.807, 2.05) is 60.7 Å². The number of hydrogen-bond acceptors (Lipinski definition) is 6. The number of nitrogens with zero attached hydrogens (tertiary/aromatic N) is 3. The van der Waals surface area contributed by atoms with Crippen molar-refractivity contribution < 1.29 is 9.53 Å². The molecule has 5 nitrogen and oxygen atoms in total. The van der Waals surface area contributed by atoms with Gasteiger partial charge in [-0.25, -0.2) is 4.98 Å². The van der Waals surface area contributed by atoms with Crippen molar-refractivity contribution in [1.29, 1.82) is 0 Å². The van der Waals surface area contributed by atoms with Crippen molar-refractivity contribution in [2.45, 2.75) is 30.5 Å². The Morgan fingerprint density at radius 3 is 2.74 bits per heavy atom. The molecule has 0 spiro atoms. The number of methoxy groups -OCH3 is 1. The van der Waals surface area contributed by atoms with Crippen molar-refractivity contribution in [1.82, 2.24) is 9.97 Å². The van der Waals surface area contributed by atoms with Gasteiger partial charge in [0.05, 0.1) is 29.6 Å². The highest BCUT2D eigenvalue weighted by Crippen LogP contribution is 2.33. The van der Waals surface area contributed by atoms with Crippen LogP contribution in [-0.4, -0.2) is 28.2 Å². The maximum absolute atomic E-state index is 13.6. The third-order valence-electron chi connectivity index (χ3n) is 4.56. The zero-order valence-corrected chi connectivity index (χ0v) is 19.2. The van der Waals surface area contributed by atoms with Crippen molar-refractivity contribution in [2.24, 2.45) is 0 Å². The van der Waals surface area contributed by atoms with Gasteiger partial charge in [0.15, 0.2) is 5.13 Å². The lowest BCUT2D eigenvalue weighted by atomic mass is 10.2. The molecule has 158 valence electrons. The Bertz CT molecular complexity index is 1190. The molecule has 0 aliphatic carbocycles. The molecular weight excluding hydrogens is 426 g/mol. The monoisotopic (exact) mass is 449 g/mol. The Morgan fingerprint density at radius 1 is 1.13 bits per heavy atom. The number of pyridine rings is 1. The highest BCUT2D eigenvalue weighted by molar-refractivity contribution is 7.99. The molecule has 31 heavy (non-hydrogen) atoms. The maximum atomic E-state index is 13.6. The van der Waals surface area contributed by atoms with Crippen LogP contribution in [0.2, 0.25) is 0 Å². The molecule has 4 rings (SSSR count). The molecule has 0 bridgehead atoms. The summed E-state index contributed by atoms with van der Waals surface area (Å²) in [4.78, 5) is 25.6. The second-order valence-electron chi connectivity index (χ2n) is 7.24. The summed E-state index contributed by atoms with van der Waals surface area (Å²) in [6, 6.07) is 19.2. The van der Waals surface area contributed by atoms with Gasteiger partial charge < -0.3 is 4.74 Å². The molecule has 2 heterocycles. The Hall–Kier alpha value is -2.90. The van der Waals surface area contributed by atoms with Gasteiger partial charge in [-0.2, -0.15) is 0 Å². The second kappa shape index (κ2) is 9.49. The first-order valence-electron chi connectivity index (χ1n) is 9.96. The van der Waals surface area contributed by atoms with Gasteiger partial charge >= 0.3 is 0 Å². The molecule has 1 amide bonds. The molecule has 7 heteroatoms. The molecule has 2 aromatic carbocycles. The van der Waals surface area contributed by atoms with Crippen LogP contribution >= 0.6 is 23.1 Å². The predicted molar refractivity (Wildman–Crippen MR) is 128 cm³/mol. The van der Waals surface area contributed by atoms with Crippen molar-refractivity contribution in [3.8, 4) is 5.75 Å². The van der Waals surface area contributed by atoms with E-state index in [0.29, 0.717) is 22.5 Å². The fraction of sp³-hybridized carbons (Fsp3) is 0.208. The highest BCUT2D eigenvalue weighted by Gasteiger charge is 2.23. The second-order valence-corrected chi connectivity index (χ2v) is 9.90. The summed E-state index contributed by atoms with van der Waals surface area (Å²) in [6.45, 7) is 4.63. The van der Waals surface area contributed by atoms with E-state index in [-0.39, 0.29) is 5.91 Å². The van der Waals surface area contributed by atoms with Crippen LogP contribution in [0.15, 0.2) is 71.8 Å². The lowest BCUT2D eigenvalue weighted by Gasteiger charge is -2.20. The molecule has 0 aliphatic heterocycles. The van der Waals surface area contributed by atoms with Crippen LogP contribution < -0.4 is 9.64 Å². The molecular formula is C24H23N3O2S2. The number of rotatable bonds is 7. The minimum atomic E-state index is -0.0946. The number of benzene rings is 2. The van der Waals surface area contributed by atoms with Crippen LogP contribution in [-0.2, 0) is 6.54 Å². The molecule has 0 saturated carbocycles. The first kappa shape index (κ1) is 21.3. The number of fused-ring (bicyclic) bond motifs is 1. The van der Waals surface area contributed by atoms with E-state index in [9.17, 15) is 4.79 Å². The van der Waals surface area contributed by atoms with Crippen molar-refractivity contribution in [3.63, 3.8) is 0 Å². The number of ether oxygens (including phenoxy) is 1. The predicted octanol–water partition coefficient (Wildman–Crippen LogP) is 6.05. The minimum Gasteiger partial charge on any atom is -0.497 e. The van der Waals surface area contributed by atoms with E-state index < -0.39 is 0 Å². The molecule has 0 saturated heterocycles. The molecule has 4 aromatic rings. The summed E-state index contributed by atoms with van der Waals surface area (Å²) in [5, 5.41) is 1.08. The van der Waals surface area contributed by atoms with Gasteiger partial charge in [0.2, 0.25) is 0 Å². The third-order valence-corrected chi connectivity index (χ3v) is 6.62. The summed E-state index contributed by atoms with van der Waals surface area (Å²) >= 11 is 3.23. The summed E-state index contributed by atoms with van der Waals surface area (Å²) in [5.74, 6) is 0.647. The first-order valence-corrected chi connectivity index (χ1v) is 11.7. The average molecular weight is 450 g/mol. The SMILES string of the molecule is COc1ccc2sc(N(Cc3ccccn3)C(=O)c3cccc(SC(C)C)c3)nc2c1. The van der Waals surface area contributed by atoms with Gasteiger partial charge in [0.1, 0.15) is 5.75 Å². The van der Waals surface area contributed by atoms with Gasteiger partial charge in [0.25, 0.3) is 5.91 Å². The normalized spacial score (nSPS) is 11.1. The fourth-order valence-corrected chi connectivity index (χ4v) is 4.99. The molecule has 0 atom stereocenters. The Kier molecular flexibility index (Phi) is 6.53. The number of carbonyl (C=O) groups excluding carboxylic acids is 1. The number of aromatic nitrogens is 2. The number of hydrogen-bond donors (Lipinski definition) is 0. The van der Waals surface area contributed by atoms with Gasteiger partial charge in [-0.1, -0.05) is 37.3 Å². The Morgan fingerprint density at radius 2 is 2.00 bits per heavy atom. The molecule has 2 aromatic heterocycles. The summed E-state index contributed by atoms with van der Waals surface area (Å²) in [7, 11) is 1.63. The van der Waals surface area contributed by atoms with Crippen molar-refractivity contribution in [2.75, 3.05) is 12.0 Å². The van der Waals surface area contributed by atoms with Crippen LogP contribution in [0, 0.1) is 0 Å². The van der Waals surface area contributed by atoms with Crippen LogP contribution in [0.25, 0.3) is 10.2 Å². The Balaban J connectivity index is 1.73. The highest BCUT2D eigenvalue weighted by atomic mass is 32.2. The maximum Gasteiger partial charge on any atom is 0.260 e. The molecule has 0 N–H and O–H groups in total. The van der Waals surface area contributed by atoms with Crippen LogP contribution in [0.5, 0.6) is 5.75 Å². The lowest BCUT2D eigenvalue weighted by Crippen LogP contribution is -2.30. The standard InChI is InChI=1S/C24H23N3O2S2/c1-16(2)30-20-9-6-7-17(13-20)23(28)27(15-18-8-4-5-12-25-18)24-26-21-14-19(29-3)10-11-22(21)31-24/h4-14,16H,15H2,1-3H3.